The molecule has 30 heavy (non-hydrogen) atoms. The van der Waals surface area contributed by atoms with Gasteiger partial charge in [-0.1, -0.05) is 28.1 Å². The van der Waals surface area contributed by atoms with Crippen molar-refractivity contribution in [2.24, 2.45) is 0 Å². The maximum atomic E-state index is 12.8. The molecule has 2 aliphatic rings. The summed E-state index contributed by atoms with van der Waals surface area (Å²) in [6, 6.07) is 7.09. The van der Waals surface area contributed by atoms with Crippen LogP contribution in [0.5, 0.6) is 0 Å². The normalized spacial score (nSPS) is 21.3. The molecule has 10 heteroatoms. The van der Waals surface area contributed by atoms with Gasteiger partial charge < -0.3 is 14.8 Å². The summed E-state index contributed by atoms with van der Waals surface area (Å²) in [6.45, 7) is 0.0408. The molecule has 0 saturated carbocycles. The van der Waals surface area contributed by atoms with Crippen LogP contribution in [-0.2, 0) is 19.7 Å². The van der Waals surface area contributed by atoms with Gasteiger partial charge in [0.1, 0.15) is 6.04 Å². The zero-order valence-corrected chi connectivity index (χ0v) is 17.9. The van der Waals surface area contributed by atoms with Gasteiger partial charge in [-0.05, 0) is 43.4 Å². The van der Waals surface area contributed by atoms with E-state index in [1.807, 2.05) is 24.3 Å². The van der Waals surface area contributed by atoms with Crippen LogP contribution in [0.15, 0.2) is 28.7 Å². The van der Waals surface area contributed by atoms with Gasteiger partial charge in [-0.25, -0.2) is 4.79 Å². The van der Waals surface area contributed by atoms with Crippen LogP contribution in [0.1, 0.15) is 31.2 Å². The molecule has 0 aliphatic carbocycles. The molecular formula is C20H24BrF3N2O4. The molecule has 6 nitrogen and oxygen atoms in total. The standard InChI is InChI=1S/C20H24BrF3N2O4/c21-15-5-3-14(4-6-15)19(7-10-29-11-8-19)12-25-17(27)16-2-1-9-26(16)18(28)30-13-20(22,23)24/h3-6,16H,1-2,7-13H2,(H,25,27). The average Bonchev–Trinajstić information content (AvgIpc) is 3.21. The fourth-order valence-electron chi connectivity index (χ4n) is 3.99. The topological polar surface area (TPSA) is 67.9 Å². The van der Waals surface area contributed by atoms with Crippen LogP contribution in [0, 0.1) is 0 Å². The molecule has 3 rings (SSSR count). The minimum Gasteiger partial charge on any atom is -0.440 e. The zero-order chi connectivity index (χ0) is 21.8. The molecule has 2 heterocycles. The minimum absolute atomic E-state index is 0.195. The summed E-state index contributed by atoms with van der Waals surface area (Å²) >= 11 is 3.42. The Bertz CT molecular complexity index is 751. The third-order valence-electron chi connectivity index (χ3n) is 5.66. The average molecular weight is 493 g/mol. The van der Waals surface area contributed by atoms with Crippen molar-refractivity contribution < 1.29 is 32.2 Å². The molecule has 1 atom stereocenters. The number of likely N-dealkylation sites (tertiary alicyclic amines) is 1. The number of nitrogens with one attached hydrogen (secondary N) is 1. The van der Waals surface area contributed by atoms with E-state index in [0.717, 1.165) is 27.8 Å². The Hall–Kier alpha value is -1.81. The van der Waals surface area contributed by atoms with Gasteiger partial charge in [-0.3, -0.25) is 9.69 Å². The summed E-state index contributed by atoms with van der Waals surface area (Å²) in [5.74, 6) is -0.376. The largest absolute Gasteiger partial charge is 0.440 e. The van der Waals surface area contributed by atoms with Crippen molar-refractivity contribution in [3.8, 4) is 0 Å². The van der Waals surface area contributed by atoms with E-state index in [2.05, 4.69) is 26.0 Å². The van der Waals surface area contributed by atoms with Crippen molar-refractivity contribution in [2.75, 3.05) is 32.9 Å². The molecular weight excluding hydrogens is 469 g/mol. The lowest BCUT2D eigenvalue weighted by atomic mass is 9.74. The number of carbonyl (C=O) groups excluding carboxylic acids is 2. The van der Waals surface area contributed by atoms with Crippen molar-refractivity contribution in [1.82, 2.24) is 10.2 Å². The van der Waals surface area contributed by atoms with E-state index in [1.54, 1.807) is 0 Å². The molecule has 0 radical (unpaired) electrons. The monoisotopic (exact) mass is 492 g/mol. The summed E-state index contributed by atoms with van der Waals surface area (Å²) in [4.78, 5) is 25.9. The first-order chi connectivity index (χ1) is 14.2. The molecule has 0 bridgehead atoms. The van der Waals surface area contributed by atoms with Gasteiger partial charge in [0.15, 0.2) is 6.61 Å². The van der Waals surface area contributed by atoms with E-state index in [9.17, 15) is 22.8 Å². The molecule has 0 aromatic heterocycles. The van der Waals surface area contributed by atoms with Crippen molar-refractivity contribution in [1.29, 1.82) is 0 Å². The lowest BCUT2D eigenvalue weighted by molar-refractivity contribution is -0.162. The summed E-state index contributed by atoms with van der Waals surface area (Å²) < 4.78 is 47.8. The van der Waals surface area contributed by atoms with Crippen molar-refractivity contribution >= 4 is 27.9 Å². The first kappa shape index (κ1) is 22.9. The van der Waals surface area contributed by atoms with Crippen LogP contribution in [0.4, 0.5) is 18.0 Å². The van der Waals surface area contributed by atoms with Crippen LogP contribution >= 0.6 is 15.9 Å². The molecule has 2 amide bonds. The van der Waals surface area contributed by atoms with Gasteiger partial charge in [0.25, 0.3) is 0 Å². The minimum atomic E-state index is -4.60. The lowest BCUT2D eigenvalue weighted by Gasteiger charge is -2.38. The molecule has 2 fully saturated rings. The highest BCUT2D eigenvalue weighted by atomic mass is 79.9. The number of hydrogen-bond donors (Lipinski definition) is 1. The van der Waals surface area contributed by atoms with Crippen molar-refractivity contribution in [2.45, 2.75) is 43.3 Å². The van der Waals surface area contributed by atoms with E-state index in [4.69, 9.17) is 4.74 Å². The van der Waals surface area contributed by atoms with Crippen LogP contribution in [0.3, 0.4) is 0 Å². The Morgan fingerprint density at radius 3 is 2.53 bits per heavy atom. The smallest absolute Gasteiger partial charge is 0.422 e. The van der Waals surface area contributed by atoms with Gasteiger partial charge >= 0.3 is 12.3 Å². The fraction of sp³-hybridized carbons (Fsp3) is 0.600. The number of ether oxygens (including phenoxy) is 2. The fourth-order valence-corrected chi connectivity index (χ4v) is 4.26. The SMILES string of the molecule is O=C(NCC1(c2ccc(Br)cc2)CCOCC1)C1CCCN1C(=O)OCC(F)(F)F. The number of halogens is 4. The summed E-state index contributed by atoms with van der Waals surface area (Å²) in [6.07, 6.45) is -3.33. The van der Waals surface area contributed by atoms with Gasteiger partial charge in [-0.15, -0.1) is 0 Å². The number of benzene rings is 1. The Balaban J connectivity index is 1.64. The van der Waals surface area contributed by atoms with Crippen LogP contribution < -0.4 is 5.32 Å². The second-order valence-electron chi connectivity index (χ2n) is 7.64. The van der Waals surface area contributed by atoms with Crippen LogP contribution in [-0.4, -0.2) is 62.0 Å². The van der Waals surface area contributed by atoms with E-state index < -0.39 is 24.9 Å². The van der Waals surface area contributed by atoms with E-state index >= 15 is 0 Å². The predicted molar refractivity (Wildman–Crippen MR) is 106 cm³/mol. The lowest BCUT2D eigenvalue weighted by Crippen LogP contribution is -2.51. The molecule has 166 valence electrons. The first-order valence-corrected chi connectivity index (χ1v) is 10.6. The first-order valence-electron chi connectivity index (χ1n) is 9.82. The molecule has 1 unspecified atom stereocenters. The highest BCUT2D eigenvalue weighted by Gasteiger charge is 2.40. The van der Waals surface area contributed by atoms with Gasteiger partial charge in [0.2, 0.25) is 5.91 Å². The summed E-state index contributed by atoms with van der Waals surface area (Å²) in [5, 5.41) is 2.93. The number of hydrogen-bond acceptors (Lipinski definition) is 4. The van der Waals surface area contributed by atoms with Gasteiger partial charge in [0, 0.05) is 36.2 Å². The molecule has 1 aromatic carbocycles. The highest BCUT2D eigenvalue weighted by molar-refractivity contribution is 9.10. The molecule has 0 spiro atoms. The highest BCUT2D eigenvalue weighted by Crippen LogP contribution is 2.35. The number of alkyl halides is 3. The second kappa shape index (κ2) is 9.55. The molecule has 1 N–H and O–H groups in total. The summed E-state index contributed by atoms with van der Waals surface area (Å²) in [5.41, 5.74) is 0.789. The summed E-state index contributed by atoms with van der Waals surface area (Å²) in [7, 11) is 0. The van der Waals surface area contributed by atoms with E-state index in [0.29, 0.717) is 32.6 Å². The second-order valence-corrected chi connectivity index (χ2v) is 8.55. The third kappa shape index (κ3) is 5.66. The Morgan fingerprint density at radius 2 is 1.90 bits per heavy atom. The van der Waals surface area contributed by atoms with E-state index in [1.165, 1.54) is 0 Å². The Morgan fingerprint density at radius 1 is 1.23 bits per heavy atom. The van der Waals surface area contributed by atoms with Gasteiger partial charge in [-0.2, -0.15) is 13.2 Å². The number of rotatable bonds is 5. The maximum Gasteiger partial charge on any atom is 0.422 e. The number of nitrogens with zero attached hydrogens (tertiary/aromatic N) is 1. The van der Waals surface area contributed by atoms with Crippen LogP contribution in [0.25, 0.3) is 0 Å². The van der Waals surface area contributed by atoms with Crippen molar-refractivity contribution in [3.63, 3.8) is 0 Å². The zero-order valence-electron chi connectivity index (χ0n) is 16.3. The third-order valence-corrected chi connectivity index (χ3v) is 6.19. The molecule has 2 aliphatic heterocycles. The molecule has 1 aromatic rings. The number of amides is 2. The number of carbonyl (C=O) groups is 2. The van der Waals surface area contributed by atoms with Gasteiger partial charge in [0.05, 0.1) is 0 Å². The Kier molecular flexibility index (Phi) is 7.28. The Labute approximate surface area is 181 Å². The van der Waals surface area contributed by atoms with Crippen molar-refractivity contribution in [3.05, 3.63) is 34.3 Å². The molecule has 2 saturated heterocycles. The quantitative estimate of drug-likeness (QED) is 0.679. The maximum absolute atomic E-state index is 12.8. The predicted octanol–water partition coefficient (Wildman–Crippen LogP) is 3.78. The van der Waals surface area contributed by atoms with Crippen LogP contribution in [0.2, 0.25) is 0 Å². The van der Waals surface area contributed by atoms with E-state index in [-0.39, 0.29) is 17.9 Å².